The molecule has 0 heterocycles. The molecule has 1 atom stereocenters. The molecule has 37 heavy (non-hydrogen) atoms. The molecular formula is C25H33F3O8S. The number of hydrogen-bond donors (Lipinski definition) is 1. The van der Waals surface area contributed by atoms with E-state index in [2.05, 4.69) is 4.74 Å². The highest BCUT2D eigenvalue weighted by Crippen LogP contribution is 2.60. The van der Waals surface area contributed by atoms with E-state index in [1.54, 1.807) is 0 Å². The van der Waals surface area contributed by atoms with Crippen LogP contribution in [0.4, 0.5) is 13.2 Å². The Hall–Kier alpha value is -2.05. The predicted molar refractivity (Wildman–Crippen MR) is 126 cm³/mol. The Kier molecular flexibility index (Phi) is 8.02. The molecule has 4 bridgehead atoms. The van der Waals surface area contributed by atoms with Crippen molar-refractivity contribution in [3.63, 3.8) is 0 Å². The van der Waals surface area contributed by atoms with E-state index in [1.807, 2.05) is 13.8 Å². The van der Waals surface area contributed by atoms with Crippen LogP contribution in [0, 0.1) is 29.1 Å². The van der Waals surface area contributed by atoms with E-state index in [-0.39, 0.29) is 22.6 Å². The molecule has 5 rings (SSSR count). The van der Waals surface area contributed by atoms with Gasteiger partial charge in [0.15, 0.2) is 11.5 Å². The molecule has 8 nitrogen and oxygen atoms in total. The summed E-state index contributed by atoms with van der Waals surface area (Å²) in [6.07, 6.45) is 1.21. The fraction of sp³-hybridized carbons (Fsp3) is 0.720. The lowest BCUT2D eigenvalue weighted by Crippen LogP contribution is -2.49. The van der Waals surface area contributed by atoms with Crippen LogP contribution in [0.3, 0.4) is 0 Å². The molecule has 0 saturated heterocycles. The van der Waals surface area contributed by atoms with Gasteiger partial charge in [0.05, 0.1) is 12.2 Å². The average Bonchev–Trinajstić information content (AvgIpc) is 2.74. The molecule has 12 heteroatoms. The van der Waals surface area contributed by atoms with Gasteiger partial charge in [-0.15, -0.1) is 13.2 Å². The highest BCUT2D eigenvalue weighted by Gasteiger charge is 2.51. The Balaban J connectivity index is 1.49. The zero-order chi connectivity index (χ0) is 27.0. The highest BCUT2D eigenvalue weighted by molar-refractivity contribution is 7.85. The summed E-state index contributed by atoms with van der Waals surface area (Å²) in [5, 5.41) is 0. The predicted octanol–water partition coefficient (Wildman–Crippen LogP) is 5.22. The molecule has 4 aliphatic rings. The van der Waals surface area contributed by atoms with Crippen molar-refractivity contribution in [2.75, 3.05) is 19.0 Å². The lowest BCUT2D eigenvalue weighted by molar-refractivity contribution is -0.275. The lowest BCUT2D eigenvalue weighted by atomic mass is 9.50. The average molecular weight is 551 g/mol. The summed E-state index contributed by atoms with van der Waals surface area (Å²) >= 11 is 0. The lowest BCUT2D eigenvalue weighted by Gasteiger charge is -2.56. The van der Waals surface area contributed by atoms with Crippen molar-refractivity contribution in [1.29, 1.82) is 0 Å². The second kappa shape index (κ2) is 10.6. The molecule has 4 fully saturated rings. The number of alkyl halides is 3. The molecule has 1 aromatic carbocycles. The monoisotopic (exact) mass is 550 g/mol. The summed E-state index contributed by atoms with van der Waals surface area (Å²) in [7, 11) is -4.35. The standard InChI is InChI=1S/C25H33F3O8S/c1-15(2)23(34-14-24-11-16-7-17(12-24)9-18(8-16)13-24)35-21-10-19(3-4-20(21)36-25(26,27)28)22(29)33-5-6-37(30,31)32/h3-4,10,15-18,23H,5-9,11-14H2,1-2H3,(H,30,31,32). The Morgan fingerprint density at radius 1 is 1.08 bits per heavy atom. The fourth-order valence-corrected chi connectivity index (χ4v) is 6.77. The Labute approximate surface area is 214 Å². The van der Waals surface area contributed by atoms with Crippen molar-refractivity contribution in [1.82, 2.24) is 0 Å². The minimum atomic E-state index is -5.00. The smallest absolute Gasteiger partial charge is 0.461 e. The van der Waals surface area contributed by atoms with E-state index >= 15 is 0 Å². The number of ether oxygens (including phenoxy) is 4. The number of benzene rings is 1. The SMILES string of the molecule is CC(C)C(OCC12CC3CC(CC(C3)C1)C2)Oc1cc(C(=O)OCCS(=O)(=O)O)ccc1OC(F)(F)F. The van der Waals surface area contributed by atoms with E-state index in [9.17, 15) is 26.4 Å². The van der Waals surface area contributed by atoms with Crippen molar-refractivity contribution in [3.8, 4) is 11.5 Å². The number of carbonyl (C=O) groups is 1. The Bertz CT molecular complexity index is 1050. The summed E-state index contributed by atoms with van der Waals surface area (Å²) in [6.45, 7) is 3.47. The van der Waals surface area contributed by atoms with Gasteiger partial charge < -0.3 is 18.9 Å². The first-order valence-electron chi connectivity index (χ1n) is 12.5. The van der Waals surface area contributed by atoms with Gasteiger partial charge in [0.2, 0.25) is 6.29 Å². The molecule has 4 aliphatic carbocycles. The highest BCUT2D eigenvalue weighted by atomic mass is 32.2. The normalized spacial score (nSPS) is 27.8. The van der Waals surface area contributed by atoms with Crippen molar-refractivity contribution < 1.29 is 49.9 Å². The van der Waals surface area contributed by atoms with E-state index in [0.717, 1.165) is 37.5 Å². The molecule has 1 aromatic rings. The second-order valence-electron chi connectivity index (χ2n) is 11.1. The van der Waals surface area contributed by atoms with Crippen molar-refractivity contribution in [2.45, 2.75) is 65.0 Å². The first-order chi connectivity index (χ1) is 17.2. The van der Waals surface area contributed by atoms with Crippen LogP contribution < -0.4 is 9.47 Å². The first-order valence-corrected chi connectivity index (χ1v) is 14.1. The molecule has 0 amide bonds. The van der Waals surface area contributed by atoms with Gasteiger partial charge in [-0.2, -0.15) is 8.42 Å². The van der Waals surface area contributed by atoms with Crippen molar-refractivity contribution in [3.05, 3.63) is 23.8 Å². The molecule has 1 N–H and O–H groups in total. The van der Waals surface area contributed by atoms with Gasteiger partial charge >= 0.3 is 12.3 Å². The number of halogens is 3. The van der Waals surface area contributed by atoms with Crippen LogP contribution >= 0.6 is 0 Å². The van der Waals surface area contributed by atoms with Crippen LogP contribution in [0.25, 0.3) is 0 Å². The summed E-state index contributed by atoms with van der Waals surface area (Å²) in [4.78, 5) is 12.3. The van der Waals surface area contributed by atoms with Crippen molar-refractivity contribution in [2.24, 2.45) is 29.1 Å². The number of hydrogen-bond acceptors (Lipinski definition) is 7. The van der Waals surface area contributed by atoms with E-state index < -0.39 is 46.8 Å². The molecule has 0 aliphatic heterocycles. The van der Waals surface area contributed by atoms with Crippen LogP contribution in [0.15, 0.2) is 18.2 Å². The van der Waals surface area contributed by atoms with Gasteiger partial charge in [-0.1, -0.05) is 13.8 Å². The van der Waals surface area contributed by atoms with E-state index in [0.29, 0.717) is 24.4 Å². The van der Waals surface area contributed by atoms with Gasteiger partial charge in [0.25, 0.3) is 10.1 Å². The third-order valence-corrected chi connectivity index (χ3v) is 8.17. The molecule has 0 radical (unpaired) electrons. The maximum Gasteiger partial charge on any atom is 0.573 e. The quantitative estimate of drug-likeness (QED) is 0.227. The topological polar surface area (TPSA) is 108 Å². The largest absolute Gasteiger partial charge is 0.573 e. The van der Waals surface area contributed by atoms with E-state index in [1.165, 1.54) is 19.3 Å². The Morgan fingerprint density at radius 3 is 2.19 bits per heavy atom. The summed E-state index contributed by atoms with van der Waals surface area (Å²) in [5.41, 5.74) is -0.113. The number of rotatable bonds is 11. The number of esters is 1. The maximum absolute atomic E-state index is 13.0. The molecule has 0 spiro atoms. The summed E-state index contributed by atoms with van der Waals surface area (Å²) in [6, 6.07) is 3.02. The van der Waals surface area contributed by atoms with Gasteiger partial charge in [-0.3, -0.25) is 4.55 Å². The summed E-state index contributed by atoms with van der Waals surface area (Å²) in [5.74, 6) is -0.904. The zero-order valence-electron chi connectivity index (χ0n) is 20.8. The van der Waals surface area contributed by atoms with Crippen LogP contribution in [0.2, 0.25) is 0 Å². The minimum absolute atomic E-state index is 0.0647. The van der Waals surface area contributed by atoms with Crippen LogP contribution in [0.1, 0.15) is 62.7 Å². The minimum Gasteiger partial charge on any atom is -0.461 e. The zero-order valence-corrected chi connectivity index (χ0v) is 21.6. The van der Waals surface area contributed by atoms with Gasteiger partial charge in [0.1, 0.15) is 12.4 Å². The molecular weight excluding hydrogens is 517 g/mol. The van der Waals surface area contributed by atoms with Crippen LogP contribution in [0.5, 0.6) is 11.5 Å². The molecule has 4 saturated carbocycles. The van der Waals surface area contributed by atoms with Crippen LogP contribution in [-0.2, 0) is 19.6 Å². The molecule has 208 valence electrons. The van der Waals surface area contributed by atoms with E-state index in [4.69, 9.17) is 18.8 Å². The molecule has 1 unspecified atom stereocenters. The number of carbonyl (C=O) groups excluding carboxylic acids is 1. The summed E-state index contributed by atoms with van der Waals surface area (Å²) < 4.78 is 90.6. The van der Waals surface area contributed by atoms with Crippen LogP contribution in [-0.4, -0.2) is 50.6 Å². The van der Waals surface area contributed by atoms with Gasteiger partial charge in [0, 0.05) is 5.92 Å². The van der Waals surface area contributed by atoms with Crippen molar-refractivity contribution >= 4 is 16.1 Å². The first kappa shape index (κ1) is 28.0. The third kappa shape index (κ3) is 7.51. The van der Waals surface area contributed by atoms with Gasteiger partial charge in [-0.25, -0.2) is 4.79 Å². The Morgan fingerprint density at radius 2 is 1.68 bits per heavy atom. The maximum atomic E-state index is 13.0. The second-order valence-corrected chi connectivity index (χ2v) is 12.7. The fourth-order valence-electron chi connectivity index (χ4n) is 6.47. The van der Waals surface area contributed by atoms with Gasteiger partial charge in [-0.05, 0) is 79.9 Å². The third-order valence-electron chi connectivity index (χ3n) is 7.49. The molecule has 0 aromatic heterocycles.